The Hall–Kier alpha value is -1.99. The van der Waals surface area contributed by atoms with Crippen molar-refractivity contribution in [2.24, 2.45) is 0 Å². The molecule has 0 radical (unpaired) electrons. The van der Waals surface area contributed by atoms with Crippen molar-refractivity contribution in [2.75, 3.05) is 0 Å². The van der Waals surface area contributed by atoms with Crippen molar-refractivity contribution >= 4 is 28.5 Å². The van der Waals surface area contributed by atoms with Crippen LogP contribution in [0.3, 0.4) is 0 Å². The fourth-order valence-electron chi connectivity index (χ4n) is 2.98. The van der Waals surface area contributed by atoms with Gasteiger partial charge in [0.25, 0.3) is 5.91 Å². The van der Waals surface area contributed by atoms with E-state index in [0.29, 0.717) is 27.6 Å². The highest BCUT2D eigenvalue weighted by molar-refractivity contribution is 7.84. The molecule has 1 N–H and O–H groups in total. The highest BCUT2D eigenvalue weighted by Gasteiger charge is 2.30. The summed E-state index contributed by atoms with van der Waals surface area (Å²) in [6.45, 7) is 1.77. The van der Waals surface area contributed by atoms with E-state index in [2.05, 4.69) is 9.71 Å². The lowest BCUT2D eigenvalue weighted by Gasteiger charge is -2.26. The normalized spacial score (nSPS) is 17.7. The number of benzene rings is 1. The number of hydrogen-bond donors (Lipinski definition) is 1. The summed E-state index contributed by atoms with van der Waals surface area (Å²) >= 11 is 6.29. The Morgan fingerprint density at radius 3 is 2.64 bits per heavy atom. The van der Waals surface area contributed by atoms with Gasteiger partial charge in [-0.15, -0.1) is 0 Å². The Kier molecular flexibility index (Phi) is 5.38. The minimum atomic E-state index is -1.46. The molecule has 1 aromatic heterocycles. The van der Waals surface area contributed by atoms with Crippen LogP contribution in [0.2, 0.25) is 5.02 Å². The Labute approximate surface area is 170 Å². The van der Waals surface area contributed by atoms with E-state index in [0.717, 1.165) is 32.1 Å². The van der Waals surface area contributed by atoms with E-state index >= 15 is 0 Å². The van der Waals surface area contributed by atoms with Gasteiger partial charge in [-0.05, 0) is 68.4 Å². The molecule has 2 saturated carbocycles. The molecule has 28 heavy (non-hydrogen) atoms. The van der Waals surface area contributed by atoms with Crippen molar-refractivity contribution in [2.45, 2.75) is 50.4 Å². The number of amides is 1. The average Bonchev–Trinajstić information content (AvgIpc) is 3.45. The molecule has 0 saturated heterocycles. The Balaban J connectivity index is 1.56. The van der Waals surface area contributed by atoms with Gasteiger partial charge in [-0.25, -0.2) is 13.6 Å². The van der Waals surface area contributed by atoms with Gasteiger partial charge in [0.2, 0.25) is 5.88 Å². The van der Waals surface area contributed by atoms with E-state index in [1.165, 1.54) is 12.1 Å². The highest BCUT2D eigenvalue weighted by atomic mass is 35.5. The monoisotopic (exact) mass is 422 g/mol. The maximum atomic E-state index is 14.6. The minimum Gasteiger partial charge on any atom is -0.473 e. The standard InChI is InChI=1S/C20H20ClFN2O3S/c1-11-7-16(19(25)24-28(26)14-5-6-14)18(22)9-15(11)12-8-17(21)20(23-10-12)27-13-3-2-4-13/h7-10,13-14H,2-6H2,1H3,(H,24,25). The molecule has 1 aromatic carbocycles. The van der Waals surface area contributed by atoms with Gasteiger partial charge in [0.1, 0.15) is 27.9 Å². The molecule has 2 fully saturated rings. The maximum absolute atomic E-state index is 14.6. The highest BCUT2D eigenvalue weighted by Crippen LogP contribution is 2.33. The van der Waals surface area contributed by atoms with E-state index in [-0.39, 0.29) is 16.9 Å². The average molecular weight is 423 g/mol. The first-order valence-corrected chi connectivity index (χ1v) is 10.9. The lowest BCUT2D eigenvalue weighted by Crippen LogP contribution is -2.28. The largest absolute Gasteiger partial charge is 0.473 e. The van der Waals surface area contributed by atoms with Crippen LogP contribution in [0.5, 0.6) is 5.88 Å². The number of carbonyl (C=O) groups is 1. The molecule has 1 amide bonds. The molecule has 0 spiro atoms. The number of carbonyl (C=O) groups excluding carboxylic acids is 1. The number of pyridine rings is 1. The SMILES string of the molecule is Cc1cc(C(=O)NS(=O)C2CC2)c(F)cc1-c1cnc(OC2CCC2)c(Cl)c1. The lowest BCUT2D eigenvalue weighted by molar-refractivity contribution is 0.0979. The molecule has 0 aliphatic heterocycles. The van der Waals surface area contributed by atoms with Gasteiger partial charge in [-0.1, -0.05) is 11.6 Å². The van der Waals surface area contributed by atoms with Crippen LogP contribution >= 0.6 is 11.6 Å². The maximum Gasteiger partial charge on any atom is 0.265 e. The smallest absolute Gasteiger partial charge is 0.265 e. The van der Waals surface area contributed by atoms with Gasteiger partial charge in [-0.2, -0.15) is 0 Å². The fourth-order valence-corrected chi connectivity index (χ4v) is 4.22. The first-order chi connectivity index (χ1) is 13.4. The van der Waals surface area contributed by atoms with Gasteiger partial charge in [0, 0.05) is 11.8 Å². The van der Waals surface area contributed by atoms with E-state index in [9.17, 15) is 13.4 Å². The minimum absolute atomic E-state index is 0.0127. The Morgan fingerprint density at radius 2 is 2.04 bits per heavy atom. The summed E-state index contributed by atoms with van der Waals surface area (Å²) < 4.78 is 34.6. The second-order valence-corrected chi connectivity index (χ2v) is 9.13. The van der Waals surface area contributed by atoms with Crippen LogP contribution < -0.4 is 9.46 Å². The lowest BCUT2D eigenvalue weighted by atomic mass is 9.96. The van der Waals surface area contributed by atoms with Crippen LogP contribution in [0.15, 0.2) is 24.4 Å². The summed E-state index contributed by atoms with van der Waals surface area (Å²) in [6, 6.07) is 4.42. The summed E-state index contributed by atoms with van der Waals surface area (Å²) in [6.07, 6.45) is 6.53. The van der Waals surface area contributed by atoms with Gasteiger partial charge in [0.05, 0.1) is 10.8 Å². The summed E-state index contributed by atoms with van der Waals surface area (Å²) in [5.41, 5.74) is 1.78. The zero-order chi connectivity index (χ0) is 19.8. The van der Waals surface area contributed by atoms with Crippen molar-refractivity contribution in [3.8, 4) is 17.0 Å². The molecule has 0 bridgehead atoms. The van der Waals surface area contributed by atoms with Crippen LogP contribution in [0.1, 0.15) is 48.0 Å². The molecule has 4 rings (SSSR count). The number of hydrogen-bond acceptors (Lipinski definition) is 4. The van der Waals surface area contributed by atoms with E-state index in [1.54, 1.807) is 19.2 Å². The third-order valence-corrected chi connectivity index (χ3v) is 6.76. The first kappa shape index (κ1) is 19.3. The number of aryl methyl sites for hydroxylation is 1. The fraction of sp³-hybridized carbons (Fsp3) is 0.400. The topological polar surface area (TPSA) is 68.3 Å². The predicted octanol–water partition coefficient (Wildman–Crippen LogP) is 4.34. The predicted molar refractivity (Wildman–Crippen MR) is 106 cm³/mol. The van der Waals surface area contributed by atoms with Crippen LogP contribution in [0.25, 0.3) is 11.1 Å². The number of halogens is 2. The zero-order valence-electron chi connectivity index (χ0n) is 15.3. The quantitative estimate of drug-likeness (QED) is 0.752. The number of rotatable bonds is 6. The molecule has 8 heteroatoms. The molecule has 5 nitrogen and oxygen atoms in total. The van der Waals surface area contributed by atoms with Crippen LogP contribution in [0, 0.1) is 12.7 Å². The zero-order valence-corrected chi connectivity index (χ0v) is 16.9. The van der Waals surface area contributed by atoms with Crippen molar-refractivity contribution < 1.29 is 18.1 Å². The molecule has 1 atom stereocenters. The Bertz CT molecular complexity index is 961. The second-order valence-electron chi connectivity index (χ2n) is 7.26. The van der Waals surface area contributed by atoms with Crippen molar-refractivity contribution in [1.82, 2.24) is 9.71 Å². The van der Waals surface area contributed by atoms with Crippen molar-refractivity contribution in [3.05, 3.63) is 46.4 Å². The molecule has 2 aromatic rings. The van der Waals surface area contributed by atoms with Crippen molar-refractivity contribution in [1.29, 1.82) is 0 Å². The third kappa shape index (κ3) is 4.05. The second kappa shape index (κ2) is 7.79. The number of nitrogens with zero attached hydrogens (tertiary/aromatic N) is 1. The molecule has 2 aliphatic rings. The van der Waals surface area contributed by atoms with E-state index in [1.807, 2.05) is 0 Å². The van der Waals surface area contributed by atoms with Gasteiger partial charge < -0.3 is 4.74 Å². The van der Waals surface area contributed by atoms with Crippen molar-refractivity contribution in [3.63, 3.8) is 0 Å². The summed E-state index contributed by atoms with van der Waals surface area (Å²) in [5.74, 6) is -0.971. The molecule has 2 aliphatic carbocycles. The molecule has 1 unspecified atom stereocenters. The molecular formula is C20H20ClFN2O3S. The third-order valence-electron chi connectivity index (χ3n) is 5.03. The summed E-state index contributed by atoms with van der Waals surface area (Å²) in [4.78, 5) is 16.5. The number of nitrogens with one attached hydrogen (secondary N) is 1. The van der Waals surface area contributed by atoms with Crippen LogP contribution in [-0.2, 0) is 11.0 Å². The summed E-state index contributed by atoms with van der Waals surface area (Å²) in [7, 11) is -1.46. The first-order valence-electron chi connectivity index (χ1n) is 9.26. The van der Waals surface area contributed by atoms with Crippen LogP contribution in [-0.4, -0.2) is 26.5 Å². The van der Waals surface area contributed by atoms with Crippen LogP contribution in [0.4, 0.5) is 4.39 Å². The van der Waals surface area contributed by atoms with Gasteiger partial charge >= 0.3 is 0 Å². The van der Waals surface area contributed by atoms with Gasteiger partial charge in [-0.3, -0.25) is 9.52 Å². The van der Waals surface area contributed by atoms with E-state index < -0.39 is 22.7 Å². The Morgan fingerprint density at radius 1 is 1.29 bits per heavy atom. The molecular weight excluding hydrogens is 403 g/mol. The van der Waals surface area contributed by atoms with Gasteiger partial charge in [0.15, 0.2) is 0 Å². The number of aromatic nitrogens is 1. The number of ether oxygens (including phenoxy) is 1. The summed E-state index contributed by atoms with van der Waals surface area (Å²) in [5, 5.41) is 0.354. The molecule has 1 heterocycles. The molecule has 148 valence electrons. The van der Waals surface area contributed by atoms with E-state index in [4.69, 9.17) is 16.3 Å².